The van der Waals surface area contributed by atoms with Crippen LogP contribution in [0.1, 0.15) is 142 Å². The second-order valence-corrected chi connectivity index (χ2v) is 28.6. The predicted octanol–water partition coefficient (Wildman–Crippen LogP) is 23.5. The summed E-state index contributed by atoms with van der Waals surface area (Å²) in [6, 6.07) is 39.6. The Hall–Kier alpha value is -10.4. The number of imidazole rings is 1. The molecule has 0 radical (unpaired) electrons. The first-order chi connectivity index (χ1) is 53.5. The van der Waals surface area contributed by atoms with Crippen molar-refractivity contribution in [1.29, 1.82) is 0 Å². The zero-order valence-electron chi connectivity index (χ0n) is 73.7. The fraction of sp³-hybridized carbons (Fsp3) is 0.200. The monoisotopic (exact) mass is 1250 g/mol. The van der Waals surface area contributed by atoms with Gasteiger partial charge in [0, 0.05) is 31.3 Å². The average molecular weight is 1250 g/mol. The summed E-state index contributed by atoms with van der Waals surface area (Å²) >= 11 is 0. The fourth-order valence-corrected chi connectivity index (χ4v) is 14.3. The van der Waals surface area contributed by atoms with E-state index in [1.165, 1.54) is 18.2 Å². The van der Waals surface area contributed by atoms with Crippen LogP contribution in [-0.4, -0.2) is 14.1 Å². The van der Waals surface area contributed by atoms with E-state index in [2.05, 4.69) is 89.7 Å². The molecule has 1 aliphatic heterocycles. The number of benzene rings is 11. The van der Waals surface area contributed by atoms with Crippen molar-refractivity contribution in [3.63, 3.8) is 0 Å². The van der Waals surface area contributed by atoms with Crippen LogP contribution in [0.4, 0.5) is 0 Å². The maximum Gasteiger partial charge on any atom is 0.269 e. The molecule has 0 saturated carbocycles. The summed E-state index contributed by atoms with van der Waals surface area (Å²) < 4.78 is 189. The molecule has 5 heteroatoms. The van der Waals surface area contributed by atoms with Crippen molar-refractivity contribution >= 4 is 32.8 Å². The Morgan fingerprint density at radius 2 is 1.08 bits per heavy atom. The average Bonchev–Trinajstić information content (AvgIpc) is 1.43. The summed E-state index contributed by atoms with van der Waals surface area (Å²) in [5.41, 5.74) is 7.05. The van der Waals surface area contributed by atoms with E-state index >= 15 is 0 Å². The van der Waals surface area contributed by atoms with Gasteiger partial charge in [-0.15, -0.1) is 0 Å². The molecule has 0 spiro atoms. The highest BCUT2D eigenvalue weighted by atomic mass is 16.5. The number of hydrogen-bond acceptors (Lipinski definition) is 2. The largest absolute Gasteiger partial charge is 0.458 e. The van der Waals surface area contributed by atoms with Crippen molar-refractivity contribution in [3.05, 3.63) is 282 Å². The Morgan fingerprint density at radius 1 is 0.495 bits per heavy atom. The number of hydrogen-bond donors (Lipinski definition) is 0. The molecule has 4 heterocycles. The highest BCUT2D eigenvalue weighted by molar-refractivity contribution is 6.10. The third-order valence-corrected chi connectivity index (χ3v) is 19.4. The lowest BCUT2D eigenvalue weighted by Crippen LogP contribution is -2.35. The summed E-state index contributed by atoms with van der Waals surface area (Å²) in [4.78, 5) is 4.92. The molecule has 11 aromatic carbocycles. The van der Waals surface area contributed by atoms with Gasteiger partial charge in [-0.1, -0.05) is 215 Å². The maximum atomic E-state index is 10.6. The Balaban J connectivity index is 1.07. The quantitative estimate of drug-likeness (QED) is 0.112. The van der Waals surface area contributed by atoms with Gasteiger partial charge in [0.05, 0.1) is 51.3 Å². The number of para-hydroxylation sites is 1. The Morgan fingerprint density at radius 3 is 1.74 bits per heavy atom. The number of fused-ring (bicyclic) bond motifs is 11. The van der Waals surface area contributed by atoms with Crippen molar-refractivity contribution in [2.75, 3.05) is 0 Å². The molecule has 2 aliphatic rings. The molecular formula is C90H80N4O. The third-order valence-electron chi connectivity index (χ3n) is 19.4. The van der Waals surface area contributed by atoms with Gasteiger partial charge >= 0.3 is 0 Å². The van der Waals surface area contributed by atoms with E-state index in [9.17, 15) is 9.60 Å². The minimum Gasteiger partial charge on any atom is -0.458 e. The van der Waals surface area contributed by atoms with Crippen molar-refractivity contribution in [2.45, 2.75) is 117 Å². The minimum atomic E-state index is -2.79. The lowest BCUT2D eigenvalue weighted by molar-refractivity contribution is -0.572. The van der Waals surface area contributed by atoms with Crippen LogP contribution in [0.5, 0.6) is 11.5 Å². The van der Waals surface area contributed by atoms with E-state index in [0.29, 0.717) is 67.3 Å². The first kappa shape index (κ1) is 42.1. The van der Waals surface area contributed by atoms with Crippen LogP contribution in [0, 0.1) is 20.0 Å². The van der Waals surface area contributed by atoms with E-state index in [1.54, 1.807) is 12.1 Å². The normalized spacial score (nSPS) is 17.1. The van der Waals surface area contributed by atoms with Crippen LogP contribution < -0.4 is 9.30 Å². The number of ether oxygens (including phenoxy) is 1. The predicted molar refractivity (Wildman–Crippen MR) is 396 cm³/mol. The molecule has 0 N–H and O–H groups in total. The number of pyridine rings is 1. The van der Waals surface area contributed by atoms with Gasteiger partial charge in [-0.2, -0.15) is 0 Å². The minimum absolute atomic E-state index is 0.0414. The van der Waals surface area contributed by atoms with Crippen molar-refractivity contribution in [1.82, 2.24) is 14.1 Å². The molecule has 0 amide bonds. The van der Waals surface area contributed by atoms with Crippen LogP contribution >= 0.6 is 0 Å². The van der Waals surface area contributed by atoms with Gasteiger partial charge in [0.2, 0.25) is 0 Å². The number of nitrogens with zero attached hydrogens (tertiary/aromatic N) is 4. The molecule has 466 valence electrons. The van der Waals surface area contributed by atoms with Gasteiger partial charge in [-0.05, 0) is 244 Å². The Bertz CT molecular complexity index is 6320. The highest BCUT2D eigenvalue weighted by Crippen LogP contribution is 2.54. The van der Waals surface area contributed by atoms with Crippen LogP contribution in [-0.2, 0) is 21.7 Å². The zero-order chi connectivity index (χ0) is 81.8. The number of aromatic nitrogens is 4. The topological polar surface area (TPSA) is 35.9 Å². The molecule has 0 atom stereocenters. The summed E-state index contributed by atoms with van der Waals surface area (Å²) in [7, 11) is 0. The molecule has 14 aromatic rings. The van der Waals surface area contributed by atoms with Crippen molar-refractivity contribution in [2.24, 2.45) is 0 Å². The lowest BCUT2D eigenvalue weighted by atomic mass is 9.62. The van der Waals surface area contributed by atoms with Gasteiger partial charge in [-0.3, -0.25) is 13.7 Å². The van der Waals surface area contributed by atoms with Crippen LogP contribution in [0.25, 0.3) is 128 Å². The van der Waals surface area contributed by atoms with E-state index < -0.39 is 125 Å². The molecule has 3 aromatic heterocycles. The van der Waals surface area contributed by atoms with Crippen LogP contribution in [0.2, 0.25) is 0 Å². The molecule has 0 unspecified atom stereocenters. The van der Waals surface area contributed by atoms with E-state index in [4.69, 9.17) is 26.2 Å². The molecule has 5 nitrogen and oxygen atoms in total. The van der Waals surface area contributed by atoms with Gasteiger partial charge in [0.15, 0.2) is 0 Å². The summed E-state index contributed by atoms with van der Waals surface area (Å²) in [6.07, 6.45) is 7.36. The fourth-order valence-electron chi connectivity index (χ4n) is 14.3. The van der Waals surface area contributed by atoms with Gasteiger partial charge in [0.1, 0.15) is 17.3 Å². The van der Waals surface area contributed by atoms with Gasteiger partial charge < -0.3 is 4.74 Å². The second-order valence-electron chi connectivity index (χ2n) is 28.6. The highest BCUT2D eigenvalue weighted by Gasteiger charge is 2.40. The summed E-state index contributed by atoms with van der Waals surface area (Å²) in [5, 5.41) is 1.98. The second kappa shape index (κ2) is 22.1. The smallest absolute Gasteiger partial charge is 0.269 e. The molecule has 0 fully saturated rings. The molecular weight excluding hydrogens is 1150 g/mol. The van der Waals surface area contributed by atoms with E-state index in [-0.39, 0.29) is 38.6 Å². The molecule has 1 aliphatic carbocycles. The lowest BCUT2D eigenvalue weighted by Gasteiger charge is -2.42. The summed E-state index contributed by atoms with van der Waals surface area (Å²) in [6.45, 7) is 15.9. The number of rotatable bonds is 8. The molecule has 16 rings (SSSR count). The first-order valence-electron chi connectivity index (χ1n) is 41.7. The third kappa shape index (κ3) is 10.2. The Labute approximate surface area is 586 Å². The molecule has 0 bridgehead atoms. The van der Waals surface area contributed by atoms with Crippen molar-refractivity contribution in [3.8, 4) is 107 Å². The van der Waals surface area contributed by atoms with Crippen molar-refractivity contribution < 1.29 is 35.3 Å². The maximum absolute atomic E-state index is 10.6. The number of aryl methyl sites for hydroxylation is 2. The first-order valence-corrected chi connectivity index (χ1v) is 32.2. The molecule has 95 heavy (non-hydrogen) atoms. The standard InChI is InChI=1S/C90H80N4O/c1-56-25-23-26-57(2)84(56)64-47-76-74-54-78-77(89(9,10)40-41-90(78,11)12)53-73(74)69-33-19-20-34-70(69)75-46-63(62-44-60(58-27-15-13-16-28-58)43-61(45-62)59-29-17-14-18-30-59)49-82-86(75)93(85(76)79(48-64)88(6,7)8)55-92(82)66-31-24-32-67(51-66)95-68-37-38-72-71-35-21-22-36-80(71)94(81(72)52-68)83-50-65(39-42-91-83)87(3,4)5/h13-39,42-54H,40-41H2,1-12H3/i1D3,2D3,13D,14D,15D,16D,17D,18D,27D,28D,29D,30D,43D,44D,45D. The van der Waals surface area contributed by atoms with Crippen LogP contribution in [0.15, 0.2) is 242 Å². The van der Waals surface area contributed by atoms with Gasteiger partial charge in [0.25, 0.3) is 6.33 Å². The van der Waals surface area contributed by atoms with Crippen LogP contribution in [0.3, 0.4) is 0 Å². The van der Waals surface area contributed by atoms with Gasteiger partial charge in [-0.25, -0.2) is 4.98 Å². The molecule has 0 saturated heterocycles. The van der Waals surface area contributed by atoms with E-state index in [1.807, 2.05) is 133 Å². The summed E-state index contributed by atoms with van der Waals surface area (Å²) in [5.74, 6) is 1.59. The SMILES string of the molecule is [2H]c1c([2H])c([2H])c(-c2c([2H])c(-c3cc4c5c(c3)n(-c3cccc(Oc6ccc7c8ccccc8n(-c8cc(C(C)(C)C)ccn8)c7c6)c3)[c-][n+]5-c3c(cc(-c5c(C([2H])([2H])[2H])cccc5C([2H])([2H])[2H])cc3C(C)(C)C)-c3cc5c(cc3-c3ccccc3-4)C(C)(C)CCC5(C)C)c([2H])c(-c3c([2H])c([2H])c([2H])c([2H])c3[2H])c2[2H])c([2H])c1[2H]. The Kier molecular flexibility index (Phi) is 9.80. The van der Waals surface area contributed by atoms with E-state index in [0.717, 1.165) is 68.3 Å². The zero-order valence-corrected chi connectivity index (χ0v) is 54.7.